The molecule has 0 spiro atoms. The standard InChI is InChI=1S/C19H22N4O5S/c24-18(13-21-19(25)16-5-4-12-28-16)22-14-7-9-15(10-8-14)29(26,27)23-17-6-2-1-3-11-20-17/h4-5,7-10,12H,1-3,6,11,13H2,(H,20,23)(H,21,25)(H,22,24). The van der Waals surface area contributed by atoms with Crippen molar-refractivity contribution in [2.24, 2.45) is 4.99 Å². The lowest BCUT2D eigenvalue weighted by Gasteiger charge is -2.11. The van der Waals surface area contributed by atoms with Crippen LogP contribution in [-0.4, -0.2) is 39.2 Å². The van der Waals surface area contributed by atoms with Gasteiger partial charge in [0.15, 0.2) is 5.76 Å². The highest BCUT2D eigenvalue weighted by molar-refractivity contribution is 7.90. The van der Waals surface area contributed by atoms with Gasteiger partial charge in [0.05, 0.1) is 17.7 Å². The Bertz CT molecular complexity index is 982. The number of nitrogens with one attached hydrogen (secondary N) is 3. The van der Waals surface area contributed by atoms with Crippen molar-refractivity contribution in [3.8, 4) is 0 Å². The number of amides is 2. The van der Waals surface area contributed by atoms with Crippen LogP contribution in [0.1, 0.15) is 36.2 Å². The van der Waals surface area contributed by atoms with Gasteiger partial charge < -0.3 is 15.1 Å². The zero-order valence-corrected chi connectivity index (χ0v) is 16.5. The van der Waals surface area contributed by atoms with Crippen LogP contribution in [0.2, 0.25) is 0 Å². The predicted molar refractivity (Wildman–Crippen MR) is 107 cm³/mol. The molecular weight excluding hydrogens is 396 g/mol. The smallest absolute Gasteiger partial charge is 0.287 e. The summed E-state index contributed by atoms with van der Waals surface area (Å²) in [6, 6.07) is 8.82. The lowest BCUT2D eigenvalue weighted by Crippen LogP contribution is -2.32. The fourth-order valence-corrected chi connectivity index (χ4v) is 3.84. The van der Waals surface area contributed by atoms with Crippen molar-refractivity contribution in [3.63, 3.8) is 0 Å². The topological polar surface area (TPSA) is 130 Å². The largest absolute Gasteiger partial charge is 0.459 e. The molecule has 9 nitrogen and oxygen atoms in total. The van der Waals surface area contributed by atoms with Crippen molar-refractivity contribution >= 4 is 33.4 Å². The molecule has 0 unspecified atom stereocenters. The lowest BCUT2D eigenvalue weighted by molar-refractivity contribution is -0.115. The third kappa shape index (κ3) is 5.92. The van der Waals surface area contributed by atoms with Crippen LogP contribution in [0.5, 0.6) is 0 Å². The Balaban J connectivity index is 1.54. The molecule has 0 bridgehead atoms. The van der Waals surface area contributed by atoms with Gasteiger partial charge in [-0.2, -0.15) is 0 Å². The molecule has 0 saturated carbocycles. The summed E-state index contributed by atoms with van der Waals surface area (Å²) in [5, 5.41) is 5.02. The molecular formula is C19H22N4O5S. The second-order valence-electron chi connectivity index (χ2n) is 6.48. The van der Waals surface area contributed by atoms with E-state index in [0.29, 0.717) is 24.5 Å². The van der Waals surface area contributed by atoms with Crippen LogP contribution in [0.25, 0.3) is 0 Å². The van der Waals surface area contributed by atoms with E-state index in [4.69, 9.17) is 4.42 Å². The van der Waals surface area contributed by atoms with Crippen molar-refractivity contribution < 1.29 is 22.4 Å². The van der Waals surface area contributed by atoms with Crippen molar-refractivity contribution in [1.29, 1.82) is 0 Å². The number of nitrogens with zero attached hydrogens (tertiary/aromatic N) is 1. The SMILES string of the molecule is O=C(CNC(=O)c1ccco1)Nc1ccc(S(=O)(=O)NC2=NCCCCC2)cc1. The van der Waals surface area contributed by atoms with Gasteiger partial charge in [0, 0.05) is 18.7 Å². The van der Waals surface area contributed by atoms with Crippen LogP contribution in [0.3, 0.4) is 0 Å². The minimum Gasteiger partial charge on any atom is -0.459 e. The predicted octanol–water partition coefficient (Wildman–Crippen LogP) is 1.90. The zero-order valence-electron chi connectivity index (χ0n) is 15.7. The summed E-state index contributed by atoms with van der Waals surface area (Å²) >= 11 is 0. The molecule has 29 heavy (non-hydrogen) atoms. The fourth-order valence-electron chi connectivity index (χ4n) is 2.75. The number of anilines is 1. The Morgan fingerprint density at radius 1 is 1.07 bits per heavy atom. The Labute approximate surface area is 168 Å². The van der Waals surface area contributed by atoms with Crippen LogP contribution in [0, 0.1) is 0 Å². The summed E-state index contributed by atoms with van der Waals surface area (Å²) in [5.41, 5.74) is 0.410. The number of amidine groups is 1. The molecule has 0 fully saturated rings. The number of hydrogen-bond acceptors (Lipinski definition) is 6. The second kappa shape index (κ2) is 9.37. The van der Waals surface area contributed by atoms with Gasteiger partial charge in [-0.1, -0.05) is 6.42 Å². The van der Waals surface area contributed by atoms with Crippen LogP contribution in [-0.2, 0) is 14.8 Å². The molecule has 0 saturated heterocycles. The van der Waals surface area contributed by atoms with E-state index >= 15 is 0 Å². The summed E-state index contributed by atoms with van der Waals surface area (Å²) in [5.74, 6) is -0.365. The minimum atomic E-state index is -3.73. The average molecular weight is 418 g/mol. The first kappa shape index (κ1) is 20.6. The fraction of sp³-hybridized carbons (Fsp3) is 0.316. The molecule has 1 aromatic heterocycles. The van der Waals surface area contributed by atoms with E-state index in [0.717, 1.165) is 19.3 Å². The first-order chi connectivity index (χ1) is 13.9. The summed E-state index contributed by atoms with van der Waals surface area (Å²) in [6.07, 6.45) is 4.87. The third-order valence-electron chi connectivity index (χ3n) is 4.23. The monoisotopic (exact) mass is 418 g/mol. The number of aliphatic imine (C=N–C) groups is 1. The van der Waals surface area contributed by atoms with Gasteiger partial charge in [0.2, 0.25) is 5.91 Å². The molecule has 3 rings (SSSR count). The van der Waals surface area contributed by atoms with Gasteiger partial charge in [-0.05, 0) is 49.2 Å². The molecule has 2 aromatic rings. The van der Waals surface area contributed by atoms with E-state index in [9.17, 15) is 18.0 Å². The van der Waals surface area contributed by atoms with Gasteiger partial charge in [0.25, 0.3) is 15.9 Å². The Morgan fingerprint density at radius 3 is 2.59 bits per heavy atom. The Hall–Kier alpha value is -3.14. The second-order valence-corrected chi connectivity index (χ2v) is 8.16. The maximum atomic E-state index is 12.5. The summed E-state index contributed by atoms with van der Waals surface area (Å²) in [6.45, 7) is 0.375. The molecule has 1 aliphatic rings. The number of furan rings is 1. The quantitative estimate of drug-likeness (QED) is 0.660. The summed E-state index contributed by atoms with van der Waals surface area (Å²) in [4.78, 5) is 28.0. The van der Waals surface area contributed by atoms with E-state index in [-0.39, 0.29) is 17.2 Å². The number of carbonyl (C=O) groups is 2. The van der Waals surface area contributed by atoms with Gasteiger partial charge >= 0.3 is 0 Å². The molecule has 10 heteroatoms. The normalized spacial score (nSPS) is 14.4. The number of hydrogen-bond donors (Lipinski definition) is 3. The summed E-state index contributed by atoms with van der Waals surface area (Å²) in [7, 11) is -3.73. The number of carbonyl (C=O) groups excluding carboxylic acids is 2. The first-order valence-corrected chi connectivity index (χ1v) is 10.7. The molecule has 1 aliphatic heterocycles. The average Bonchev–Trinajstić information content (AvgIpc) is 3.12. The van der Waals surface area contributed by atoms with Crippen molar-refractivity contribution in [1.82, 2.24) is 10.0 Å². The molecule has 0 atom stereocenters. The minimum absolute atomic E-state index is 0.0774. The molecule has 2 amide bonds. The molecule has 3 N–H and O–H groups in total. The lowest BCUT2D eigenvalue weighted by atomic mass is 10.2. The molecule has 0 radical (unpaired) electrons. The molecule has 154 valence electrons. The zero-order chi connectivity index (χ0) is 20.7. The molecule has 1 aromatic carbocycles. The van der Waals surface area contributed by atoms with E-state index in [1.807, 2.05) is 0 Å². The van der Waals surface area contributed by atoms with Gasteiger partial charge in [0.1, 0.15) is 5.84 Å². The van der Waals surface area contributed by atoms with Crippen molar-refractivity contribution in [3.05, 3.63) is 48.4 Å². The van der Waals surface area contributed by atoms with Crippen LogP contribution >= 0.6 is 0 Å². The number of rotatable bonds is 6. The van der Waals surface area contributed by atoms with E-state index < -0.39 is 21.8 Å². The van der Waals surface area contributed by atoms with Crippen LogP contribution < -0.4 is 15.4 Å². The highest BCUT2D eigenvalue weighted by Gasteiger charge is 2.17. The van der Waals surface area contributed by atoms with Crippen LogP contribution in [0.4, 0.5) is 5.69 Å². The van der Waals surface area contributed by atoms with Crippen molar-refractivity contribution in [2.45, 2.75) is 30.6 Å². The highest BCUT2D eigenvalue weighted by Crippen LogP contribution is 2.15. The van der Waals surface area contributed by atoms with Gasteiger partial charge in [-0.15, -0.1) is 0 Å². The Kier molecular flexibility index (Phi) is 6.65. The maximum absolute atomic E-state index is 12.5. The van der Waals surface area contributed by atoms with Crippen molar-refractivity contribution in [2.75, 3.05) is 18.4 Å². The molecule has 0 aliphatic carbocycles. The first-order valence-electron chi connectivity index (χ1n) is 9.22. The van der Waals surface area contributed by atoms with Gasteiger partial charge in [-0.25, -0.2) is 8.42 Å². The highest BCUT2D eigenvalue weighted by atomic mass is 32.2. The number of benzene rings is 1. The molecule has 2 heterocycles. The summed E-state index contributed by atoms with van der Waals surface area (Å²) < 4.78 is 32.5. The number of sulfonamides is 1. The van der Waals surface area contributed by atoms with Gasteiger partial charge in [-0.3, -0.25) is 19.3 Å². The van der Waals surface area contributed by atoms with E-state index in [1.165, 1.54) is 36.6 Å². The van der Waals surface area contributed by atoms with E-state index in [2.05, 4.69) is 20.3 Å². The maximum Gasteiger partial charge on any atom is 0.287 e. The third-order valence-corrected chi connectivity index (χ3v) is 5.63. The van der Waals surface area contributed by atoms with Crippen LogP contribution in [0.15, 0.2) is 57.0 Å². The van der Waals surface area contributed by atoms with E-state index in [1.54, 1.807) is 6.07 Å². The Morgan fingerprint density at radius 2 is 1.86 bits per heavy atom.